The molecule has 1 aromatic heterocycles. The smallest absolute Gasteiger partial charge is 0.226 e. The summed E-state index contributed by atoms with van der Waals surface area (Å²) < 4.78 is 11.2. The molecule has 1 amide bonds. The monoisotopic (exact) mass is 388 g/mol. The molecule has 0 unspecified atom stereocenters. The lowest BCUT2D eigenvalue weighted by Crippen LogP contribution is -2.46. The SMILES string of the molecule is C[C@@H]1CN(c2ncc3c(n2)CC(C)(C)C[C@@H]3NC(=O)[C@H]2CCOC2)C[C@@H](C)O1. The van der Waals surface area contributed by atoms with Gasteiger partial charge in [-0.15, -0.1) is 0 Å². The van der Waals surface area contributed by atoms with Crippen LogP contribution in [0.4, 0.5) is 5.95 Å². The molecule has 2 aliphatic heterocycles. The van der Waals surface area contributed by atoms with Gasteiger partial charge in [0.2, 0.25) is 11.9 Å². The maximum absolute atomic E-state index is 12.7. The average molecular weight is 389 g/mol. The molecular formula is C21H32N4O3. The van der Waals surface area contributed by atoms with Crippen molar-refractivity contribution in [2.75, 3.05) is 31.2 Å². The van der Waals surface area contributed by atoms with Gasteiger partial charge in [-0.25, -0.2) is 9.97 Å². The molecule has 0 aromatic carbocycles. The topological polar surface area (TPSA) is 76.6 Å². The van der Waals surface area contributed by atoms with E-state index in [0.717, 1.165) is 49.6 Å². The fraction of sp³-hybridized carbons (Fsp3) is 0.762. The number of aromatic nitrogens is 2. The van der Waals surface area contributed by atoms with Crippen LogP contribution >= 0.6 is 0 Å². The zero-order valence-corrected chi connectivity index (χ0v) is 17.4. The number of hydrogen-bond acceptors (Lipinski definition) is 6. The van der Waals surface area contributed by atoms with Crippen LogP contribution in [0.1, 0.15) is 57.8 Å². The number of rotatable bonds is 3. The van der Waals surface area contributed by atoms with E-state index in [-0.39, 0.29) is 35.5 Å². The molecule has 0 spiro atoms. The first-order valence-electron chi connectivity index (χ1n) is 10.4. The van der Waals surface area contributed by atoms with Crippen LogP contribution < -0.4 is 10.2 Å². The zero-order valence-electron chi connectivity index (χ0n) is 17.4. The number of amides is 1. The number of morpholine rings is 1. The molecule has 7 nitrogen and oxygen atoms in total. The number of anilines is 1. The Labute approximate surface area is 167 Å². The summed E-state index contributed by atoms with van der Waals surface area (Å²) in [5.41, 5.74) is 2.19. The van der Waals surface area contributed by atoms with Crippen LogP contribution in [0.2, 0.25) is 0 Å². The van der Waals surface area contributed by atoms with Crippen molar-refractivity contribution in [2.45, 2.75) is 65.2 Å². The molecule has 3 aliphatic rings. The van der Waals surface area contributed by atoms with Gasteiger partial charge in [0.1, 0.15) is 0 Å². The molecule has 2 fully saturated rings. The number of ether oxygens (including phenoxy) is 2. The highest BCUT2D eigenvalue weighted by atomic mass is 16.5. The fourth-order valence-electron chi connectivity index (χ4n) is 4.69. The normalized spacial score (nSPS) is 32.1. The highest BCUT2D eigenvalue weighted by molar-refractivity contribution is 5.79. The van der Waals surface area contributed by atoms with Gasteiger partial charge in [0.25, 0.3) is 0 Å². The Balaban J connectivity index is 1.56. The quantitative estimate of drug-likeness (QED) is 0.856. The van der Waals surface area contributed by atoms with Crippen LogP contribution in [0.15, 0.2) is 6.20 Å². The lowest BCUT2D eigenvalue weighted by atomic mass is 9.74. The van der Waals surface area contributed by atoms with Crippen molar-refractivity contribution in [3.05, 3.63) is 17.5 Å². The molecule has 0 bridgehead atoms. The highest BCUT2D eigenvalue weighted by Crippen LogP contribution is 2.40. The van der Waals surface area contributed by atoms with E-state index in [2.05, 4.69) is 42.9 Å². The number of hydrogen-bond donors (Lipinski definition) is 1. The Morgan fingerprint density at radius 2 is 2.04 bits per heavy atom. The van der Waals surface area contributed by atoms with Crippen molar-refractivity contribution >= 4 is 11.9 Å². The van der Waals surface area contributed by atoms with Gasteiger partial charge in [0.05, 0.1) is 36.5 Å². The molecule has 1 N–H and O–H groups in total. The average Bonchev–Trinajstić information content (AvgIpc) is 3.14. The molecule has 0 radical (unpaired) electrons. The zero-order chi connectivity index (χ0) is 19.9. The van der Waals surface area contributed by atoms with Gasteiger partial charge >= 0.3 is 0 Å². The summed E-state index contributed by atoms with van der Waals surface area (Å²) in [7, 11) is 0. The van der Waals surface area contributed by atoms with Crippen molar-refractivity contribution in [1.29, 1.82) is 0 Å². The van der Waals surface area contributed by atoms with Crippen molar-refractivity contribution < 1.29 is 14.3 Å². The third-order valence-corrected chi connectivity index (χ3v) is 5.98. The maximum Gasteiger partial charge on any atom is 0.226 e. The van der Waals surface area contributed by atoms with Gasteiger partial charge in [-0.05, 0) is 38.5 Å². The van der Waals surface area contributed by atoms with E-state index in [1.165, 1.54) is 0 Å². The minimum atomic E-state index is -0.0385. The van der Waals surface area contributed by atoms with E-state index in [9.17, 15) is 4.79 Å². The minimum absolute atomic E-state index is 0.0370. The van der Waals surface area contributed by atoms with E-state index < -0.39 is 0 Å². The van der Waals surface area contributed by atoms with Gasteiger partial charge in [0.15, 0.2) is 0 Å². The summed E-state index contributed by atoms with van der Waals surface area (Å²) in [6.45, 7) is 11.5. The molecule has 1 aliphatic carbocycles. The summed E-state index contributed by atoms with van der Waals surface area (Å²) in [6, 6.07) is -0.0385. The summed E-state index contributed by atoms with van der Waals surface area (Å²) in [6.07, 6.45) is 4.85. The van der Waals surface area contributed by atoms with Crippen molar-refractivity contribution in [3.63, 3.8) is 0 Å². The van der Waals surface area contributed by atoms with Crippen LogP contribution in [0.25, 0.3) is 0 Å². The van der Waals surface area contributed by atoms with E-state index in [4.69, 9.17) is 14.5 Å². The summed E-state index contributed by atoms with van der Waals surface area (Å²) in [5.74, 6) is 0.823. The lowest BCUT2D eigenvalue weighted by molar-refractivity contribution is -0.126. The number of carbonyl (C=O) groups is 1. The Hall–Kier alpha value is -1.73. The summed E-state index contributed by atoms with van der Waals surface area (Å²) in [5, 5.41) is 3.25. The van der Waals surface area contributed by atoms with Gasteiger partial charge in [0, 0.05) is 31.5 Å². The molecule has 4 atom stereocenters. The Bertz CT molecular complexity index is 722. The molecule has 3 heterocycles. The molecule has 7 heteroatoms. The first-order chi connectivity index (χ1) is 13.3. The largest absolute Gasteiger partial charge is 0.381 e. The number of nitrogens with zero attached hydrogens (tertiary/aromatic N) is 3. The third-order valence-electron chi connectivity index (χ3n) is 5.98. The fourth-order valence-corrected chi connectivity index (χ4v) is 4.69. The summed E-state index contributed by atoms with van der Waals surface area (Å²) >= 11 is 0. The molecule has 28 heavy (non-hydrogen) atoms. The van der Waals surface area contributed by atoms with Crippen LogP contribution in [0, 0.1) is 11.3 Å². The number of carbonyl (C=O) groups excluding carboxylic acids is 1. The van der Waals surface area contributed by atoms with E-state index >= 15 is 0 Å². The minimum Gasteiger partial charge on any atom is -0.381 e. The second-order valence-corrected chi connectivity index (χ2v) is 9.40. The van der Waals surface area contributed by atoms with E-state index in [0.29, 0.717) is 13.2 Å². The highest BCUT2D eigenvalue weighted by Gasteiger charge is 2.36. The van der Waals surface area contributed by atoms with E-state index in [1.54, 1.807) is 0 Å². The number of nitrogens with one attached hydrogen (secondary N) is 1. The van der Waals surface area contributed by atoms with Gasteiger partial charge in [-0.2, -0.15) is 0 Å². The maximum atomic E-state index is 12.7. The first-order valence-corrected chi connectivity index (χ1v) is 10.4. The van der Waals surface area contributed by atoms with Gasteiger partial charge in [-0.1, -0.05) is 13.8 Å². The van der Waals surface area contributed by atoms with Gasteiger partial charge < -0.3 is 19.7 Å². The lowest BCUT2D eigenvalue weighted by Gasteiger charge is -2.38. The summed E-state index contributed by atoms with van der Waals surface area (Å²) in [4.78, 5) is 24.5. The molecule has 4 rings (SSSR count). The predicted octanol–water partition coefficient (Wildman–Crippen LogP) is 2.26. The Kier molecular flexibility index (Phi) is 5.31. The molecule has 2 saturated heterocycles. The standard InChI is InChI=1S/C21H32N4O3/c1-13-10-25(11-14(2)28-13)20-22-9-16-17(7-21(3,4)8-18(16)24-20)23-19(26)15-5-6-27-12-15/h9,13-15,17H,5-8,10-12H2,1-4H3,(H,23,26)/t13-,14-,15+,17+/m1/s1. The predicted molar refractivity (Wildman–Crippen MR) is 106 cm³/mol. The second kappa shape index (κ2) is 7.59. The van der Waals surface area contributed by atoms with Crippen LogP contribution in [0.5, 0.6) is 0 Å². The van der Waals surface area contributed by atoms with Crippen molar-refractivity contribution in [2.24, 2.45) is 11.3 Å². The van der Waals surface area contributed by atoms with Crippen LogP contribution in [-0.4, -0.2) is 54.4 Å². The second-order valence-electron chi connectivity index (χ2n) is 9.40. The third kappa shape index (κ3) is 4.15. The number of fused-ring (bicyclic) bond motifs is 1. The molecule has 154 valence electrons. The van der Waals surface area contributed by atoms with E-state index in [1.807, 2.05) is 6.20 Å². The molecular weight excluding hydrogens is 356 g/mol. The first kappa shape index (κ1) is 19.6. The van der Waals surface area contributed by atoms with Gasteiger partial charge in [-0.3, -0.25) is 4.79 Å². The van der Waals surface area contributed by atoms with Crippen molar-refractivity contribution in [1.82, 2.24) is 15.3 Å². The van der Waals surface area contributed by atoms with Crippen molar-refractivity contribution in [3.8, 4) is 0 Å². The molecule has 1 aromatic rings. The Morgan fingerprint density at radius 1 is 1.29 bits per heavy atom. The Morgan fingerprint density at radius 3 is 2.71 bits per heavy atom. The molecule has 0 saturated carbocycles. The van der Waals surface area contributed by atoms with Crippen LogP contribution in [0.3, 0.4) is 0 Å². The van der Waals surface area contributed by atoms with Crippen LogP contribution in [-0.2, 0) is 20.7 Å².